The number of carbonyl (C=O) groups excluding carboxylic acids is 2. The van der Waals surface area contributed by atoms with Gasteiger partial charge in [0.2, 0.25) is 0 Å². The minimum atomic E-state index is -0.200. The maximum absolute atomic E-state index is 13.4. The van der Waals surface area contributed by atoms with Crippen LogP contribution in [0.25, 0.3) is 10.1 Å². The lowest BCUT2D eigenvalue weighted by Crippen LogP contribution is -2.22. The van der Waals surface area contributed by atoms with Crippen LogP contribution in [0.5, 0.6) is 5.75 Å². The number of benzene rings is 3. The lowest BCUT2D eigenvalue weighted by atomic mass is 10.2. The monoisotopic (exact) mass is 541 g/mol. The van der Waals surface area contributed by atoms with Crippen molar-refractivity contribution in [1.29, 1.82) is 0 Å². The van der Waals surface area contributed by atoms with E-state index >= 15 is 0 Å². The highest BCUT2D eigenvalue weighted by Gasteiger charge is 2.21. The Hall–Kier alpha value is -4.14. The fraction of sp³-hybridized carbons (Fsp3) is 0.133. The number of nitrogens with one attached hydrogen (secondary N) is 2. The minimum absolute atomic E-state index is 0.149. The van der Waals surface area contributed by atoms with Crippen molar-refractivity contribution in [2.75, 3.05) is 24.3 Å². The SMILES string of the molecule is CN(C)c1ccc2sc(C(=O)NCc3cccc(NC(=O)c4cccs4)c3)c(OCc3ccccc3)c2c1. The van der Waals surface area contributed by atoms with Crippen LogP contribution in [0.1, 0.15) is 30.5 Å². The number of hydrogen-bond donors (Lipinski definition) is 2. The van der Waals surface area contributed by atoms with Gasteiger partial charge in [-0.1, -0.05) is 48.5 Å². The molecule has 6 nitrogen and oxygen atoms in total. The number of hydrogen-bond acceptors (Lipinski definition) is 6. The molecule has 5 aromatic rings. The van der Waals surface area contributed by atoms with Crippen LogP contribution in [0.3, 0.4) is 0 Å². The van der Waals surface area contributed by atoms with E-state index in [1.165, 1.54) is 22.7 Å². The van der Waals surface area contributed by atoms with Crippen LogP contribution < -0.4 is 20.3 Å². The highest BCUT2D eigenvalue weighted by molar-refractivity contribution is 7.21. The maximum atomic E-state index is 13.4. The van der Waals surface area contributed by atoms with Gasteiger partial charge in [0.15, 0.2) is 5.75 Å². The minimum Gasteiger partial charge on any atom is -0.487 e. The van der Waals surface area contributed by atoms with Crippen molar-refractivity contribution in [3.63, 3.8) is 0 Å². The van der Waals surface area contributed by atoms with E-state index in [1.807, 2.05) is 97.2 Å². The Balaban J connectivity index is 1.35. The molecule has 2 amide bonds. The number of fused-ring (bicyclic) bond motifs is 1. The van der Waals surface area contributed by atoms with Crippen molar-refractivity contribution in [2.24, 2.45) is 0 Å². The van der Waals surface area contributed by atoms with Crippen LogP contribution >= 0.6 is 22.7 Å². The summed E-state index contributed by atoms with van der Waals surface area (Å²) >= 11 is 2.81. The van der Waals surface area contributed by atoms with Crippen molar-refractivity contribution in [3.05, 3.63) is 111 Å². The third kappa shape index (κ3) is 5.88. The van der Waals surface area contributed by atoms with Gasteiger partial charge in [0.1, 0.15) is 11.5 Å². The Morgan fingerprint density at radius 1 is 0.868 bits per heavy atom. The lowest BCUT2D eigenvalue weighted by Gasteiger charge is -2.13. The van der Waals surface area contributed by atoms with E-state index in [0.29, 0.717) is 34.3 Å². The second kappa shape index (κ2) is 11.5. The summed E-state index contributed by atoms with van der Waals surface area (Å²) in [5.74, 6) is 0.240. The zero-order chi connectivity index (χ0) is 26.5. The number of thiophene rings is 2. The zero-order valence-corrected chi connectivity index (χ0v) is 22.7. The fourth-order valence-corrected chi connectivity index (χ4v) is 5.65. The van der Waals surface area contributed by atoms with Gasteiger partial charge >= 0.3 is 0 Å². The van der Waals surface area contributed by atoms with Gasteiger partial charge < -0.3 is 20.3 Å². The molecule has 0 atom stereocenters. The third-order valence-corrected chi connectivity index (χ3v) is 7.98. The van der Waals surface area contributed by atoms with Crippen LogP contribution in [0.15, 0.2) is 90.3 Å². The highest BCUT2D eigenvalue weighted by Crippen LogP contribution is 2.40. The summed E-state index contributed by atoms with van der Waals surface area (Å²) < 4.78 is 7.26. The average Bonchev–Trinajstić information content (AvgIpc) is 3.60. The van der Waals surface area contributed by atoms with Gasteiger partial charge in [-0.15, -0.1) is 22.7 Å². The van der Waals surface area contributed by atoms with Crippen LogP contribution in [-0.4, -0.2) is 25.9 Å². The van der Waals surface area contributed by atoms with E-state index in [2.05, 4.69) is 16.7 Å². The molecule has 0 fully saturated rings. The number of amides is 2. The van der Waals surface area contributed by atoms with E-state index < -0.39 is 0 Å². The molecule has 0 aliphatic carbocycles. The average molecular weight is 542 g/mol. The topological polar surface area (TPSA) is 70.7 Å². The van der Waals surface area contributed by atoms with Gasteiger partial charge in [0, 0.05) is 42.1 Å². The van der Waals surface area contributed by atoms with E-state index in [0.717, 1.165) is 26.9 Å². The van der Waals surface area contributed by atoms with E-state index in [4.69, 9.17) is 4.74 Å². The van der Waals surface area contributed by atoms with Gasteiger partial charge in [-0.3, -0.25) is 9.59 Å². The zero-order valence-electron chi connectivity index (χ0n) is 21.1. The molecule has 192 valence electrons. The van der Waals surface area contributed by atoms with Crippen molar-refractivity contribution < 1.29 is 14.3 Å². The quantitative estimate of drug-likeness (QED) is 0.216. The summed E-state index contributed by atoms with van der Waals surface area (Å²) in [7, 11) is 3.98. The molecule has 0 aliphatic heterocycles. The van der Waals surface area contributed by atoms with Crippen LogP contribution in [-0.2, 0) is 13.2 Å². The molecule has 0 unspecified atom stereocenters. The van der Waals surface area contributed by atoms with Gasteiger partial charge in [-0.2, -0.15) is 0 Å². The largest absolute Gasteiger partial charge is 0.487 e. The first kappa shape index (κ1) is 25.5. The Morgan fingerprint density at radius 2 is 1.68 bits per heavy atom. The highest BCUT2D eigenvalue weighted by atomic mass is 32.1. The van der Waals surface area contributed by atoms with E-state index in [9.17, 15) is 9.59 Å². The fourth-order valence-electron chi connectivity index (χ4n) is 3.99. The molecule has 2 N–H and O–H groups in total. The number of nitrogens with zero attached hydrogens (tertiary/aromatic N) is 1. The van der Waals surface area contributed by atoms with Gasteiger partial charge in [-0.05, 0) is 52.9 Å². The van der Waals surface area contributed by atoms with Crippen LogP contribution in [0.2, 0.25) is 0 Å². The van der Waals surface area contributed by atoms with Crippen molar-refractivity contribution in [3.8, 4) is 5.75 Å². The molecule has 2 aromatic heterocycles. The second-order valence-electron chi connectivity index (χ2n) is 8.92. The Bertz CT molecular complexity index is 1560. The van der Waals surface area contributed by atoms with Crippen LogP contribution in [0, 0.1) is 0 Å². The van der Waals surface area contributed by atoms with Crippen molar-refractivity contribution >= 4 is 55.9 Å². The normalized spacial score (nSPS) is 10.8. The predicted octanol–water partition coefficient (Wildman–Crippen LogP) is 6.79. The Labute approximate surface area is 229 Å². The first-order valence-electron chi connectivity index (χ1n) is 12.1. The number of ether oxygens (including phenoxy) is 1. The molecule has 3 aromatic carbocycles. The molecule has 38 heavy (non-hydrogen) atoms. The third-order valence-electron chi connectivity index (χ3n) is 5.96. The molecule has 0 saturated heterocycles. The smallest absolute Gasteiger partial charge is 0.265 e. The summed E-state index contributed by atoms with van der Waals surface area (Å²) in [5, 5.41) is 8.73. The van der Waals surface area contributed by atoms with Crippen molar-refractivity contribution in [1.82, 2.24) is 5.32 Å². The number of carbonyl (C=O) groups is 2. The molecule has 0 bridgehead atoms. The van der Waals surface area contributed by atoms with E-state index in [-0.39, 0.29) is 11.8 Å². The van der Waals surface area contributed by atoms with Gasteiger partial charge in [0.25, 0.3) is 11.8 Å². The molecule has 0 spiro atoms. The number of rotatable bonds is 9. The maximum Gasteiger partial charge on any atom is 0.265 e. The molecule has 2 heterocycles. The molecular weight excluding hydrogens is 514 g/mol. The van der Waals surface area contributed by atoms with E-state index in [1.54, 1.807) is 6.07 Å². The molecule has 0 aliphatic rings. The van der Waals surface area contributed by atoms with Crippen LogP contribution in [0.4, 0.5) is 11.4 Å². The summed E-state index contributed by atoms with van der Waals surface area (Å²) in [6.07, 6.45) is 0. The molecule has 0 radical (unpaired) electrons. The second-order valence-corrected chi connectivity index (χ2v) is 10.9. The van der Waals surface area contributed by atoms with Crippen molar-refractivity contribution in [2.45, 2.75) is 13.2 Å². The lowest BCUT2D eigenvalue weighted by molar-refractivity contribution is 0.0950. The summed E-state index contributed by atoms with van der Waals surface area (Å²) in [5.41, 5.74) is 3.63. The predicted molar refractivity (Wildman–Crippen MR) is 157 cm³/mol. The first-order valence-corrected chi connectivity index (χ1v) is 13.8. The number of anilines is 2. The molecule has 5 rings (SSSR count). The summed E-state index contributed by atoms with van der Waals surface area (Å²) in [4.78, 5) is 29.0. The van der Waals surface area contributed by atoms with Gasteiger partial charge in [0.05, 0.1) is 4.88 Å². The molecule has 0 saturated carbocycles. The molecular formula is C30H27N3O3S2. The Kier molecular flexibility index (Phi) is 7.72. The summed E-state index contributed by atoms with van der Waals surface area (Å²) in [6, 6.07) is 27.2. The molecule has 8 heteroatoms. The standard InChI is InChI=1S/C30H27N3O3S2/c1-33(2)23-13-14-25-24(17-23)27(36-19-20-8-4-3-5-9-20)28(38-25)30(35)31-18-21-10-6-11-22(16-21)32-29(34)26-12-7-15-37-26/h3-17H,18-19H2,1-2H3,(H,31,35)(H,32,34). The Morgan fingerprint density at radius 3 is 2.45 bits per heavy atom. The van der Waals surface area contributed by atoms with Gasteiger partial charge in [-0.25, -0.2) is 0 Å². The summed E-state index contributed by atoms with van der Waals surface area (Å²) in [6.45, 7) is 0.683. The first-order chi connectivity index (χ1) is 18.5.